The van der Waals surface area contributed by atoms with Crippen LogP contribution in [0, 0.1) is 0 Å². The summed E-state index contributed by atoms with van der Waals surface area (Å²) in [4.78, 5) is 20.5. The molecule has 7 nitrogen and oxygen atoms in total. The molecule has 2 heterocycles. The summed E-state index contributed by atoms with van der Waals surface area (Å²) in [7, 11) is -4.31. The van der Waals surface area contributed by atoms with Crippen molar-refractivity contribution in [2.24, 2.45) is 0 Å². The summed E-state index contributed by atoms with van der Waals surface area (Å²) in [6, 6.07) is 8.95. The first-order valence-corrected chi connectivity index (χ1v) is 11.4. The molecule has 1 aliphatic rings. The minimum Gasteiger partial charge on any atom is -0.309 e. The lowest BCUT2D eigenvalue weighted by Gasteiger charge is -2.34. The average Bonchev–Trinajstić information content (AvgIpc) is 2.74. The number of piperazine rings is 1. The van der Waals surface area contributed by atoms with E-state index in [1.165, 1.54) is 12.1 Å². The molecule has 0 spiro atoms. The third kappa shape index (κ3) is 4.51. The first kappa shape index (κ1) is 22.7. The van der Waals surface area contributed by atoms with Crippen LogP contribution in [-0.2, 0) is 22.7 Å². The predicted molar refractivity (Wildman–Crippen MR) is 113 cm³/mol. The van der Waals surface area contributed by atoms with E-state index in [4.69, 9.17) is 11.6 Å². The van der Waals surface area contributed by atoms with E-state index < -0.39 is 26.7 Å². The highest BCUT2D eigenvalue weighted by Crippen LogP contribution is 2.35. The van der Waals surface area contributed by atoms with Crippen molar-refractivity contribution in [1.82, 2.24) is 19.2 Å². The molecule has 32 heavy (non-hydrogen) atoms. The lowest BCUT2D eigenvalue weighted by atomic mass is 10.2. The summed E-state index contributed by atoms with van der Waals surface area (Å²) in [6.07, 6.45) is -4.77. The van der Waals surface area contributed by atoms with Crippen molar-refractivity contribution in [3.63, 3.8) is 0 Å². The maximum Gasteiger partial charge on any atom is 0.417 e. The van der Waals surface area contributed by atoms with Crippen molar-refractivity contribution in [2.75, 3.05) is 26.2 Å². The Morgan fingerprint density at radius 3 is 2.44 bits per heavy atom. The van der Waals surface area contributed by atoms with Gasteiger partial charge in [-0.25, -0.2) is 13.4 Å². The van der Waals surface area contributed by atoms with E-state index in [1.807, 2.05) is 4.90 Å². The third-order valence-electron chi connectivity index (χ3n) is 5.23. The number of halogens is 4. The van der Waals surface area contributed by atoms with Crippen molar-refractivity contribution in [3.8, 4) is 0 Å². The molecule has 1 saturated heterocycles. The Hall–Kier alpha value is -2.47. The molecule has 0 aliphatic carbocycles. The van der Waals surface area contributed by atoms with Crippen LogP contribution in [-0.4, -0.2) is 53.8 Å². The van der Waals surface area contributed by atoms with E-state index >= 15 is 0 Å². The minimum absolute atomic E-state index is 0.0158. The van der Waals surface area contributed by atoms with Crippen LogP contribution >= 0.6 is 11.6 Å². The number of aromatic amines is 1. The van der Waals surface area contributed by atoms with Crippen molar-refractivity contribution in [2.45, 2.75) is 17.6 Å². The van der Waals surface area contributed by atoms with Crippen LogP contribution in [0.25, 0.3) is 10.9 Å². The van der Waals surface area contributed by atoms with Crippen molar-refractivity contribution >= 4 is 32.5 Å². The molecule has 0 amide bonds. The Morgan fingerprint density at radius 1 is 1.06 bits per heavy atom. The van der Waals surface area contributed by atoms with Gasteiger partial charge >= 0.3 is 6.18 Å². The van der Waals surface area contributed by atoms with E-state index in [9.17, 15) is 26.4 Å². The minimum atomic E-state index is -4.77. The molecule has 0 atom stereocenters. The van der Waals surface area contributed by atoms with Crippen molar-refractivity contribution in [3.05, 3.63) is 69.2 Å². The number of nitrogens with zero attached hydrogens (tertiary/aromatic N) is 3. The number of hydrogen-bond acceptors (Lipinski definition) is 5. The topological polar surface area (TPSA) is 86.4 Å². The van der Waals surface area contributed by atoms with Gasteiger partial charge < -0.3 is 4.98 Å². The smallest absolute Gasteiger partial charge is 0.309 e. The summed E-state index contributed by atoms with van der Waals surface area (Å²) in [5, 5.41) is 0.780. The maximum absolute atomic E-state index is 13.3. The predicted octanol–water partition coefficient (Wildman–Crippen LogP) is 3.10. The van der Waals surface area contributed by atoms with Gasteiger partial charge in [0.15, 0.2) is 0 Å². The molecule has 1 N–H and O–H groups in total. The normalized spacial score (nSPS) is 16.5. The average molecular weight is 487 g/mol. The monoisotopic (exact) mass is 486 g/mol. The second-order valence-corrected chi connectivity index (χ2v) is 9.69. The van der Waals surface area contributed by atoms with Gasteiger partial charge in [-0.2, -0.15) is 17.5 Å². The Balaban J connectivity index is 1.49. The highest BCUT2D eigenvalue weighted by Gasteiger charge is 2.39. The Morgan fingerprint density at radius 2 is 1.75 bits per heavy atom. The molecule has 0 saturated carbocycles. The highest BCUT2D eigenvalue weighted by molar-refractivity contribution is 7.89. The van der Waals surface area contributed by atoms with Crippen LogP contribution in [0.2, 0.25) is 5.02 Å². The number of aromatic nitrogens is 2. The number of fused-ring (bicyclic) bond motifs is 1. The van der Waals surface area contributed by atoms with Crippen LogP contribution in [0.4, 0.5) is 13.2 Å². The van der Waals surface area contributed by atoms with Gasteiger partial charge in [0, 0.05) is 31.2 Å². The molecule has 0 radical (unpaired) electrons. The molecule has 1 aliphatic heterocycles. The quantitative estimate of drug-likeness (QED) is 0.612. The fraction of sp³-hybridized carbons (Fsp3) is 0.300. The van der Waals surface area contributed by atoms with Crippen LogP contribution in [0.3, 0.4) is 0 Å². The molecule has 12 heteroatoms. The zero-order chi connectivity index (χ0) is 23.1. The fourth-order valence-electron chi connectivity index (χ4n) is 3.64. The number of hydrogen-bond donors (Lipinski definition) is 1. The molecule has 2 aromatic carbocycles. The fourth-order valence-corrected chi connectivity index (χ4v) is 5.45. The Kier molecular flexibility index (Phi) is 6.01. The van der Waals surface area contributed by atoms with Gasteiger partial charge in [0.2, 0.25) is 10.0 Å². The second-order valence-electron chi connectivity index (χ2n) is 7.35. The Bertz CT molecular complexity index is 1320. The van der Waals surface area contributed by atoms with E-state index in [0.29, 0.717) is 21.7 Å². The number of nitrogens with one attached hydrogen (secondary N) is 1. The van der Waals surface area contributed by atoms with Gasteiger partial charge in [-0.15, -0.1) is 0 Å². The first-order valence-electron chi connectivity index (χ1n) is 9.63. The van der Waals surface area contributed by atoms with E-state index in [-0.39, 0.29) is 38.3 Å². The summed E-state index contributed by atoms with van der Waals surface area (Å²) in [5.41, 5.74) is -1.03. The van der Waals surface area contributed by atoms with Gasteiger partial charge in [-0.1, -0.05) is 23.7 Å². The third-order valence-corrected chi connectivity index (χ3v) is 7.42. The molecule has 0 bridgehead atoms. The standard InChI is InChI=1S/C20H18ClF3N4O3S/c21-13-5-6-16-14(11-13)19(29)26-18(25-16)12-27-7-9-28(10-8-27)32(30,31)17-4-2-1-3-15(17)20(22,23)24/h1-6,11H,7-10,12H2,(H,25,26,29). The molecule has 1 aromatic heterocycles. The first-order chi connectivity index (χ1) is 15.1. The zero-order valence-corrected chi connectivity index (χ0v) is 18.1. The van der Waals surface area contributed by atoms with Crippen molar-refractivity contribution < 1.29 is 21.6 Å². The summed E-state index contributed by atoms with van der Waals surface area (Å²) < 4.78 is 66.6. The van der Waals surface area contributed by atoms with E-state index in [0.717, 1.165) is 22.5 Å². The molecule has 0 unspecified atom stereocenters. The summed E-state index contributed by atoms with van der Waals surface area (Å²) in [6.45, 7) is 0.844. The molecular formula is C20H18ClF3N4O3S. The number of sulfonamides is 1. The van der Waals surface area contributed by atoms with Gasteiger partial charge in [0.25, 0.3) is 5.56 Å². The molecule has 170 valence electrons. The molecule has 4 rings (SSSR count). The van der Waals surface area contributed by atoms with Gasteiger partial charge in [-0.05, 0) is 30.3 Å². The van der Waals surface area contributed by atoms with Crippen molar-refractivity contribution in [1.29, 1.82) is 0 Å². The number of alkyl halides is 3. The molecule has 3 aromatic rings. The summed E-state index contributed by atoms with van der Waals surface area (Å²) in [5.74, 6) is 0.406. The number of H-pyrrole nitrogens is 1. The highest BCUT2D eigenvalue weighted by atomic mass is 35.5. The van der Waals surface area contributed by atoms with Crippen LogP contribution in [0.15, 0.2) is 52.2 Å². The van der Waals surface area contributed by atoms with Gasteiger partial charge in [-0.3, -0.25) is 9.69 Å². The SMILES string of the molecule is O=c1[nH]c(CN2CCN(S(=O)(=O)c3ccccc3C(F)(F)F)CC2)nc2ccc(Cl)cc12. The second kappa shape index (κ2) is 8.47. The molecular weight excluding hydrogens is 469 g/mol. The number of benzene rings is 2. The van der Waals surface area contributed by atoms with Gasteiger partial charge in [0.05, 0.1) is 27.9 Å². The van der Waals surface area contributed by atoms with Crippen LogP contribution in [0.5, 0.6) is 0 Å². The van der Waals surface area contributed by atoms with E-state index in [2.05, 4.69) is 9.97 Å². The lowest BCUT2D eigenvalue weighted by molar-refractivity contribution is -0.139. The molecule has 1 fully saturated rings. The Labute approximate surface area is 186 Å². The summed E-state index contributed by atoms with van der Waals surface area (Å²) >= 11 is 5.91. The van der Waals surface area contributed by atoms with Crippen LogP contribution < -0.4 is 5.56 Å². The number of rotatable bonds is 4. The van der Waals surface area contributed by atoms with E-state index in [1.54, 1.807) is 12.1 Å². The largest absolute Gasteiger partial charge is 0.417 e. The van der Waals surface area contributed by atoms with Gasteiger partial charge in [0.1, 0.15) is 5.82 Å². The zero-order valence-electron chi connectivity index (χ0n) is 16.6. The van der Waals surface area contributed by atoms with Crippen LogP contribution in [0.1, 0.15) is 11.4 Å². The lowest BCUT2D eigenvalue weighted by Crippen LogP contribution is -2.48. The maximum atomic E-state index is 13.3.